The zero-order valence-corrected chi connectivity index (χ0v) is 18.9. The van der Waals surface area contributed by atoms with Crippen molar-refractivity contribution in [2.75, 3.05) is 53.0 Å². The summed E-state index contributed by atoms with van der Waals surface area (Å²) in [5.74, 6) is 0.980. The van der Waals surface area contributed by atoms with Gasteiger partial charge < -0.3 is 25.0 Å². The van der Waals surface area contributed by atoms with Crippen molar-refractivity contribution in [3.05, 3.63) is 0 Å². The highest BCUT2D eigenvalue weighted by Crippen LogP contribution is 2.14. The maximum Gasteiger partial charge on any atom is 0.221 e. The Kier molecular flexibility index (Phi) is 16.2. The van der Waals surface area contributed by atoms with Crippen LogP contribution in [0.15, 0.2) is 4.99 Å². The summed E-state index contributed by atoms with van der Waals surface area (Å²) in [6.07, 6.45) is 4.69. The Balaban J connectivity index is 0.00000625. The third-order valence-corrected chi connectivity index (χ3v) is 4.10. The van der Waals surface area contributed by atoms with Gasteiger partial charge in [-0.1, -0.05) is 6.92 Å². The number of hydrogen-bond acceptors (Lipinski definition) is 4. The van der Waals surface area contributed by atoms with E-state index in [1.165, 1.54) is 0 Å². The van der Waals surface area contributed by atoms with Crippen molar-refractivity contribution in [2.45, 2.75) is 52.1 Å². The van der Waals surface area contributed by atoms with Gasteiger partial charge in [-0.3, -0.25) is 9.79 Å². The number of hydrogen-bond donors (Lipinski definition) is 2. The molecule has 0 aromatic carbocycles. The van der Waals surface area contributed by atoms with Crippen molar-refractivity contribution in [3.63, 3.8) is 0 Å². The molecular formula is C18H37IN4O3. The molecule has 1 rings (SSSR count). The molecule has 1 aliphatic heterocycles. The lowest BCUT2D eigenvalue weighted by atomic mass is 10.1. The summed E-state index contributed by atoms with van der Waals surface area (Å²) in [6, 6.07) is 0. The second-order valence-electron chi connectivity index (χ2n) is 6.24. The van der Waals surface area contributed by atoms with E-state index in [4.69, 9.17) is 9.47 Å². The van der Waals surface area contributed by atoms with Gasteiger partial charge >= 0.3 is 0 Å². The highest BCUT2D eigenvalue weighted by Gasteiger charge is 2.21. The first-order valence-corrected chi connectivity index (χ1v) is 9.61. The Morgan fingerprint density at radius 1 is 1.19 bits per heavy atom. The maximum absolute atomic E-state index is 11.7. The third kappa shape index (κ3) is 11.2. The van der Waals surface area contributed by atoms with Crippen molar-refractivity contribution in [2.24, 2.45) is 4.99 Å². The number of nitrogens with one attached hydrogen (secondary N) is 2. The van der Waals surface area contributed by atoms with Crippen LogP contribution in [0.4, 0.5) is 0 Å². The van der Waals surface area contributed by atoms with Crippen molar-refractivity contribution in [1.82, 2.24) is 15.5 Å². The van der Waals surface area contributed by atoms with Gasteiger partial charge in [0.2, 0.25) is 5.91 Å². The standard InChI is InChI=1S/C18H36N4O3.HI/c1-4-10-20-17(23)7-11-21-18(19-5-2)22-12-8-16(9-13-22)25-15-6-14-24-3;/h16H,4-15H2,1-3H3,(H,19,21)(H,20,23);1H. The van der Waals surface area contributed by atoms with Crippen molar-refractivity contribution < 1.29 is 14.3 Å². The molecule has 7 nitrogen and oxygen atoms in total. The average molecular weight is 484 g/mol. The van der Waals surface area contributed by atoms with Crippen LogP contribution in [0.3, 0.4) is 0 Å². The number of likely N-dealkylation sites (tertiary alicyclic amines) is 1. The van der Waals surface area contributed by atoms with Gasteiger partial charge in [0.25, 0.3) is 0 Å². The first-order chi connectivity index (χ1) is 12.2. The highest BCUT2D eigenvalue weighted by molar-refractivity contribution is 14.0. The normalized spacial score (nSPS) is 15.5. The number of aliphatic imine (C=N–C) groups is 1. The number of piperidine rings is 1. The number of methoxy groups -OCH3 is 1. The summed E-state index contributed by atoms with van der Waals surface area (Å²) in [7, 11) is 1.72. The Morgan fingerprint density at radius 2 is 1.92 bits per heavy atom. The van der Waals surface area contributed by atoms with Crippen LogP contribution in [0.2, 0.25) is 0 Å². The van der Waals surface area contributed by atoms with Crippen molar-refractivity contribution in [1.29, 1.82) is 0 Å². The molecule has 26 heavy (non-hydrogen) atoms. The molecule has 0 radical (unpaired) electrons. The lowest BCUT2D eigenvalue weighted by Gasteiger charge is -2.34. The van der Waals surface area contributed by atoms with E-state index in [2.05, 4.69) is 27.4 Å². The highest BCUT2D eigenvalue weighted by atomic mass is 127. The maximum atomic E-state index is 11.7. The molecule has 1 saturated heterocycles. The first kappa shape index (κ1) is 25.4. The number of nitrogens with zero attached hydrogens (tertiary/aromatic N) is 2. The van der Waals surface area contributed by atoms with E-state index < -0.39 is 0 Å². The topological polar surface area (TPSA) is 75.2 Å². The molecule has 0 unspecified atom stereocenters. The molecule has 0 aromatic heterocycles. The molecule has 1 heterocycles. The Hall–Kier alpha value is -0.610. The minimum Gasteiger partial charge on any atom is -0.385 e. The van der Waals surface area contributed by atoms with Gasteiger partial charge in [0.1, 0.15) is 0 Å². The predicted octanol–water partition coefficient (Wildman–Crippen LogP) is 2.00. The second-order valence-corrected chi connectivity index (χ2v) is 6.24. The van der Waals surface area contributed by atoms with Gasteiger partial charge in [-0.2, -0.15) is 0 Å². The fourth-order valence-electron chi connectivity index (χ4n) is 2.73. The van der Waals surface area contributed by atoms with Crippen LogP contribution in [0.1, 0.15) is 46.0 Å². The molecule has 8 heteroatoms. The van der Waals surface area contributed by atoms with Gasteiger partial charge in [-0.15, -0.1) is 24.0 Å². The van der Waals surface area contributed by atoms with Crippen LogP contribution in [-0.2, 0) is 14.3 Å². The van der Waals surface area contributed by atoms with Crippen LogP contribution in [0.25, 0.3) is 0 Å². The average Bonchev–Trinajstić information content (AvgIpc) is 2.63. The second kappa shape index (κ2) is 16.6. The van der Waals surface area contributed by atoms with E-state index in [-0.39, 0.29) is 29.9 Å². The van der Waals surface area contributed by atoms with Gasteiger partial charge in [0, 0.05) is 52.9 Å². The summed E-state index contributed by atoms with van der Waals surface area (Å²) >= 11 is 0. The fraction of sp³-hybridized carbons (Fsp3) is 0.889. The summed E-state index contributed by atoms with van der Waals surface area (Å²) in [5, 5.41) is 6.22. The molecule has 0 atom stereocenters. The van der Waals surface area contributed by atoms with E-state index in [0.717, 1.165) is 71.0 Å². The number of rotatable bonds is 11. The van der Waals surface area contributed by atoms with E-state index in [0.29, 0.717) is 19.1 Å². The van der Waals surface area contributed by atoms with Gasteiger partial charge in [-0.05, 0) is 32.6 Å². The number of amides is 1. The molecule has 0 saturated carbocycles. The van der Waals surface area contributed by atoms with Gasteiger partial charge in [0.15, 0.2) is 5.96 Å². The minimum atomic E-state index is 0. The van der Waals surface area contributed by atoms with E-state index in [1.807, 2.05) is 6.92 Å². The minimum absolute atomic E-state index is 0. The molecule has 0 spiro atoms. The van der Waals surface area contributed by atoms with E-state index in [9.17, 15) is 4.79 Å². The summed E-state index contributed by atoms with van der Waals surface area (Å²) < 4.78 is 10.9. The molecule has 0 aliphatic carbocycles. The molecule has 1 aliphatic rings. The van der Waals surface area contributed by atoms with Gasteiger partial charge in [-0.25, -0.2) is 0 Å². The summed E-state index contributed by atoms with van der Waals surface area (Å²) in [4.78, 5) is 18.5. The number of carbonyl (C=O) groups excluding carboxylic acids is 1. The quantitative estimate of drug-likeness (QED) is 0.203. The number of guanidine groups is 1. The molecule has 0 aromatic rings. The Labute approximate surface area is 175 Å². The first-order valence-electron chi connectivity index (χ1n) is 9.61. The van der Waals surface area contributed by atoms with Crippen molar-refractivity contribution >= 4 is 35.8 Å². The largest absolute Gasteiger partial charge is 0.385 e. The lowest BCUT2D eigenvalue weighted by Crippen LogP contribution is -2.47. The molecule has 1 fully saturated rings. The summed E-state index contributed by atoms with van der Waals surface area (Å²) in [6.45, 7) is 9.58. The molecule has 154 valence electrons. The number of ether oxygens (including phenoxy) is 2. The van der Waals surface area contributed by atoms with Crippen LogP contribution in [-0.4, -0.2) is 75.9 Å². The molecule has 0 bridgehead atoms. The SMILES string of the molecule is CCCNC(=O)CCN=C(NCC)N1CCC(OCCCOC)CC1.I. The van der Waals surface area contributed by atoms with Crippen LogP contribution >= 0.6 is 24.0 Å². The Bertz CT molecular complexity index is 389. The third-order valence-electron chi connectivity index (χ3n) is 4.10. The van der Waals surface area contributed by atoms with Crippen LogP contribution in [0.5, 0.6) is 0 Å². The molecular weight excluding hydrogens is 447 g/mol. The van der Waals surface area contributed by atoms with Crippen LogP contribution in [0, 0.1) is 0 Å². The molecule has 1 amide bonds. The van der Waals surface area contributed by atoms with Gasteiger partial charge in [0.05, 0.1) is 12.6 Å². The monoisotopic (exact) mass is 484 g/mol. The van der Waals surface area contributed by atoms with Crippen LogP contribution < -0.4 is 10.6 Å². The zero-order chi connectivity index (χ0) is 18.3. The Morgan fingerprint density at radius 3 is 2.54 bits per heavy atom. The zero-order valence-electron chi connectivity index (χ0n) is 16.6. The predicted molar refractivity (Wildman–Crippen MR) is 116 cm³/mol. The fourth-order valence-corrected chi connectivity index (χ4v) is 2.73. The molecule has 2 N–H and O–H groups in total. The van der Waals surface area contributed by atoms with E-state index in [1.54, 1.807) is 7.11 Å². The lowest BCUT2D eigenvalue weighted by molar-refractivity contribution is -0.120. The number of halogens is 1. The summed E-state index contributed by atoms with van der Waals surface area (Å²) in [5.41, 5.74) is 0. The van der Waals surface area contributed by atoms with Crippen molar-refractivity contribution in [3.8, 4) is 0 Å². The number of carbonyl (C=O) groups is 1. The van der Waals surface area contributed by atoms with E-state index >= 15 is 0 Å². The smallest absolute Gasteiger partial charge is 0.221 e.